The number of hydrogen-bond acceptors (Lipinski definition) is 3. The van der Waals surface area contributed by atoms with Crippen LogP contribution < -0.4 is 4.90 Å². The number of anilines is 2. The van der Waals surface area contributed by atoms with Gasteiger partial charge in [-0.3, -0.25) is 0 Å². The van der Waals surface area contributed by atoms with E-state index in [0.29, 0.717) is 4.90 Å². The van der Waals surface area contributed by atoms with E-state index >= 15 is 0 Å². The first-order chi connectivity index (χ1) is 11.4. The topological polar surface area (TPSA) is 40.6 Å². The van der Waals surface area contributed by atoms with Crippen molar-refractivity contribution < 1.29 is 8.42 Å². The molecule has 5 heteroatoms. The second kappa shape index (κ2) is 6.26. The third-order valence-corrected chi connectivity index (χ3v) is 5.92. The van der Waals surface area contributed by atoms with Crippen molar-refractivity contribution in [1.29, 1.82) is 0 Å². The van der Waals surface area contributed by atoms with Crippen LogP contribution in [0.3, 0.4) is 0 Å². The van der Waals surface area contributed by atoms with Gasteiger partial charge in [0.05, 0.1) is 4.90 Å². The van der Waals surface area contributed by atoms with Gasteiger partial charge in [0, 0.05) is 32.5 Å². The highest BCUT2D eigenvalue weighted by Crippen LogP contribution is 2.28. The summed E-state index contributed by atoms with van der Waals surface area (Å²) in [6.07, 6.45) is 0. The van der Waals surface area contributed by atoms with Crippen molar-refractivity contribution in [3.05, 3.63) is 66.7 Å². The number of para-hydroxylation sites is 1. The van der Waals surface area contributed by atoms with Crippen molar-refractivity contribution in [2.45, 2.75) is 4.90 Å². The van der Waals surface area contributed by atoms with Crippen LogP contribution >= 0.6 is 0 Å². The maximum absolute atomic E-state index is 12.3. The molecule has 0 aliphatic heterocycles. The predicted molar refractivity (Wildman–Crippen MR) is 99.3 cm³/mol. The Balaban J connectivity index is 2.02. The lowest BCUT2D eigenvalue weighted by Gasteiger charge is -2.20. The minimum Gasteiger partial charge on any atom is -0.345 e. The zero-order valence-corrected chi connectivity index (χ0v) is 14.8. The van der Waals surface area contributed by atoms with Crippen molar-refractivity contribution in [1.82, 2.24) is 4.31 Å². The summed E-state index contributed by atoms with van der Waals surface area (Å²) >= 11 is 0. The Morgan fingerprint density at radius 1 is 0.708 bits per heavy atom. The Morgan fingerprint density at radius 3 is 2.00 bits per heavy atom. The maximum atomic E-state index is 12.3. The van der Waals surface area contributed by atoms with E-state index in [1.165, 1.54) is 18.4 Å². The van der Waals surface area contributed by atoms with Crippen LogP contribution in [0.25, 0.3) is 10.8 Å². The third-order valence-electron chi connectivity index (χ3n) is 4.10. The summed E-state index contributed by atoms with van der Waals surface area (Å²) in [6.45, 7) is 0. The van der Waals surface area contributed by atoms with Gasteiger partial charge in [-0.25, -0.2) is 12.7 Å². The standard InChI is InChI=1S/C19H20N2O2S/c1-20(2)24(22,23)19-12-10-15-13-18(11-9-16(15)14-19)21(3)17-7-5-4-6-8-17/h4-14H,1-3H3. The van der Waals surface area contributed by atoms with E-state index in [0.717, 1.165) is 22.1 Å². The van der Waals surface area contributed by atoms with Crippen molar-refractivity contribution in [2.24, 2.45) is 0 Å². The second-order valence-corrected chi connectivity index (χ2v) is 8.03. The van der Waals surface area contributed by atoms with E-state index in [1.807, 2.05) is 43.4 Å². The molecule has 0 radical (unpaired) electrons. The molecule has 0 N–H and O–H groups in total. The highest BCUT2D eigenvalue weighted by atomic mass is 32.2. The number of nitrogens with zero attached hydrogens (tertiary/aromatic N) is 2. The molecule has 4 nitrogen and oxygen atoms in total. The third kappa shape index (κ3) is 3.00. The first-order valence-electron chi connectivity index (χ1n) is 7.65. The Kier molecular flexibility index (Phi) is 4.30. The first-order valence-corrected chi connectivity index (χ1v) is 9.09. The van der Waals surface area contributed by atoms with Gasteiger partial charge < -0.3 is 4.90 Å². The minimum absolute atomic E-state index is 0.309. The molecule has 24 heavy (non-hydrogen) atoms. The molecule has 3 aromatic carbocycles. The average Bonchev–Trinajstić information content (AvgIpc) is 2.60. The SMILES string of the molecule is CN(c1ccccc1)c1ccc2cc(S(=O)(=O)N(C)C)ccc2c1. The lowest BCUT2D eigenvalue weighted by atomic mass is 10.1. The fourth-order valence-corrected chi connectivity index (χ4v) is 3.53. The van der Waals surface area contributed by atoms with Crippen LogP contribution in [-0.2, 0) is 10.0 Å². The number of sulfonamides is 1. The summed E-state index contributed by atoms with van der Waals surface area (Å²) < 4.78 is 25.7. The van der Waals surface area contributed by atoms with Gasteiger partial charge in [0.1, 0.15) is 0 Å². The van der Waals surface area contributed by atoms with Crippen molar-refractivity contribution >= 4 is 32.2 Å². The van der Waals surface area contributed by atoms with E-state index in [4.69, 9.17) is 0 Å². The van der Waals surface area contributed by atoms with E-state index in [-0.39, 0.29) is 0 Å². The molecule has 0 atom stereocenters. The van der Waals surface area contributed by atoms with E-state index < -0.39 is 10.0 Å². The minimum atomic E-state index is -3.41. The van der Waals surface area contributed by atoms with Gasteiger partial charge in [0.15, 0.2) is 0 Å². The van der Waals surface area contributed by atoms with Crippen LogP contribution in [-0.4, -0.2) is 33.9 Å². The van der Waals surface area contributed by atoms with Gasteiger partial charge in [-0.1, -0.05) is 30.3 Å². The Hall–Kier alpha value is -2.37. The normalized spacial score (nSPS) is 11.8. The molecular formula is C19H20N2O2S. The summed E-state index contributed by atoms with van der Waals surface area (Å²) in [5.41, 5.74) is 2.15. The van der Waals surface area contributed by atoms with Crippen molar-refractivity contribution in [3.63, 3.8) is 0 Å². The summed E-state index contributed by atoms with van der Waals surface area (Å²) in [5.74, 6) is 0. The van der Waals surface area contributed by atoms with Gasteiger partial charge in [-0.2, -0.15) is 0 Å². The molecule has 0 heterocycles. The number of fused-ring (bicyclic) bond motifs is 1. The smallest absolute Gasteiger partial charge is 0.242 e. The molecule has 3 aromatic rings. The Bertz CT molecular complexity index is 967. The van der Waals surface area contributed by atoms with E-state index in [9.17, 15) is 8.42 Å². The number of hydrogen-bond donors (Lipinski definition) is 0. The van der Waals surface area contributed by atoms with Crippen molar-refractivity contribution in [3.8, 4) is 0 Å². The van der Waals surface area contributed by atoms with Gasteiger partial charge in [-0.15, -0.1) is 0 Å². The molecule has 124 valence electrons. The quantitative estimate of drug-likeness (QED) is 0.724. The van der Waals surface area contributed by atoms with Gasteiger partial charge >= 0.3 is 0 Å². The summed E-state index contributed by atoms with van der Waals surface area (Å²) in [6, 6.07) is 21.4. The van der Waals surface area contributed by atoms with Crippen molar-refractivity contribution in [2.75, 3.05) is 26.0 Å². The summed E-state index contributed by atoms with van der Waals surface area (Å²) in [5, 5.41) is 1.91. The molecule has 0 aromatic heterocycles. The molecule has 0 aliphatic carbocycles. The highest BCUT2D eigenvalue weighted by molar-refractivity contribution is 7.89. The summed E-state index contributed by atoms with van der Waals surface area (Å²) in [4.78, 5) is 2.41. The van der Waals surface area contributed by atoms with Crippen LogP contribution in [0.15, 0.2) is 71.6 Å². The Labute approximate surface area is 143 Å². The maximum Gasteiger partial charge on any atom is 0.242 e. The fraction of sp³-hybridized carbons (Fsp3) is 0.158. The molecule has 0 saturated carbocycles. The van der Waals surface area contributed by atoms with E-state index in [1.54, 1.807) is 12.1 Å². The molecule has 0 bridgehead atoms. The largest absolute Gasteiger partial charge is 0.345 e. The zero-order valence-electron chi connectivity index (χ0n) is 14.0. The molecule has 0 fully saturated rings. The zero-order chi connectivity index (χ0) is 17.3. The van der Waals surface area contributed by atoms with Gasteiger partial charge in [-0.05, 0) is 47.2 Å². The summed E-state index contributed by atoms with van der Waals surface area (Å²) in [7, 11) is 1.68. The fourth-order valence-electron chi connectivity index (χ4n) is 2.59. The highest BCUT2D eigenvalue weighted by Gasteiger charge is 2.17. The van der Waals surface area contributed by atoms with Gasteiger partial charge in [0.2, 0.25) is 10.0 Å². The predicted octanol–water partition coefficient (Wildman–Crippen LogP) is 3.86. The lowest BCUT2D eigenvalue weighted by molar-refractivity contribution is 0.521. The number of benzene rings is 3. The number of rotatable bonds is 4. The molecule has 0 unspecified atom stereocenters. The van der Waals surface area contributed by atoms with Crippen LogP contribution in [0.5, 0.6) is 0 Å². The van der Waals surface area contributed by atoms with Crippen LogP contribution in [0.1, 0.15) is 0 Å². The molecule has 3 rings (SSSR count). The van der Waals surface area contributed by atoms with Crippen LogP contribution in [0.4, 0.5) is 11.4 Å². The molecule has 0 spiro atoms. The van der Waals surface area contributed by atoms with Crippen LogP contribution in [0.2, 0.25) is 0 Å². The Morgan fingerprint density at radius 2 is 1.33 bits per heavy atom. The first kappa shape index (κ1) is 16.5. The second-order valence-electron chi connectivity index (χ2n) is 5.88. The molecule has 0 aliphatic rings. The average molecular weight is 340 g/mol. The molecule has 0 amide bonds. The molecular weight excluding hydrogens is 320 g/mol. The molecule has 0 saturated heterocycles. The lowest BCUT2D eigenvalue weighted by Crippen LogP contribution is -2.22. The van der Waals surface area contributed by atoms with Gasteiger partial charge in [0.25, 0.3) is 0 Å². The monoisotopic (exact) mass is 340 g/mol. The van der Waals surface area contributed by atoms with E-state index in [2.05, 4.69) is 23.1 Å². The van der Waals surface area contributed by atoms with Crippen LogP contribution in [0, 0.1) is 0 Å².